The maximum Gasteiger partial charge on any atom is 0.243 e. The molecule has 0 aliphatic rings. The van der Waals surface area contributed by atoms with Gasteiger partial charge >= 0.3 is 0 Å². The molecule has 2 rings (SSSR count). The number of hydrogen-bond donors (Lipinski definition) is 1. The standard InChI is InChI=1S/C13H18N4O2S2/c1-3-5-14-13-7-12(4-6-15-13)21(18,19)17(2)8-11-9-20-10-16-11/h4,6-7,9-10H,3,5,8H2,1-2H3,(H,14,15). The average molecular weight is 326 g/mol. The smallest absolute Gasteiger partial charge is 0.243 e. The SMILES string of the molecule is CCCNc1cc(S(=O)(=O)N(C)Cc2cscn2)ccn1. The first-order chi connectivity index (χ1) is 10.0. The molecule has 0 radical (unpaired) electrons. The van der Waals surface area contributed by atoms with Crippen LogP contribution in [0.1, 0.15) is 19.0 Å². The first-order valence-electron chi connectivity index (χ1n) is 6.57. The summed E-state index contributed by atoms with van der Waals surface area (Å²) in [6.07, 6.45) is 2.45. The zero-order valence-electron chi connectivity index (χ0n) is 12.0. The zero-order chi connectivity index (χ0) is 15.3. The summed E-state index contributed by atoms with van der Waals surface area (Å²) in [7, 11) is -1.99. The summed E-state index contributed by atoms with van der Waals surface area (Å²) in [5.41, 5.74) is 2.43. The van der Waals surface area contributed by atoms with Gasteiger partial charge in [-0.15, -0.1) is 11.3 Å². The molecule has 0 aliphatic heterocycles. The van der Waals surface area contributed by atoms with E-state index in [0.29, 0.717) is 5.82 Å². The van der Waals surface area contributed by atoms with Crippen LogP contribution >= 0.6 is 11.3 Å². The van der Waals surface area contributed by atoms with Crippen LogP contribution in [0.3, 0.4) is 0 Å². The van der Waals surface area contributed by atoms with Crippen molar-refractivity contribution in [3.8, 4) is 0 Å². The second kappa shape index (κ2) is 6.97. The first kappa shape index (κ1) is 15.9. The quantitative estimate of drug-likeness (QED) is 0.844. The Kier molecular flexibility index (Phi) is 5.27. The Bertz CT molecular complexity index is 671. The Morgan fingerprint density at radius 3 is 2.86 bits per heavy atom. The number of sulfonamides is 1. The van der Waals surface area contributed by atoms with E-state index >= 15 is 0 Å². The van der Waals surface area contributed by atoms with E-state index in [0.717, 1.165) is 18.7 Å². The van der Waals surface area contributed by atoms with Crippen LogP contribution in [0.5, 0.6) is 0 Å². The Morgan fingerprint density at radius 1 is 1.38 bits per heavy atom. The summed E-state index contributed by atoms with van der Waals surface area (Å²) in [5.74, 6) is 0.569. The van der Waals surface area contributed by atoms with E-state index in [1.54, 1.807) is 18.6 Å². The molecule has 21 heavy (non-hydrogen) atoms. The van der Waals surface area contributed by atoms with E-state index < -0.39 is 10.0 Å². The summed E-state index contributed by atoms with van der Waals surface area (Å²) < 4.78 is 26.4. The summed E-state index contributed by atoms with van der Waals surface area (Å²) in [6, 6.07) is 3.06. The molecule has 0 amide bonds. The molecule has 6 nitrogen and oxygen atoms in total. The predicted octanol–water partition coefficient (Wildman–Crippen LogP) is 2.18. The topological polar surface area (TPSA) is 75.2 Å². The molecule has 1 N–H and O–H groups in total. The Balaban J connectivity index is 2.18. The molecule has 0 saturated heterocycles. The van der Waals surface area contributed by atoms with Crippen molar-refractivity contribution in [2.24, 2.45) is 0 Å². The largest absolute Gasteiger partial charge is 0.370 e. The van der Waals surface area contributed by atoms with E-state index in [-0.39, 0.29) is 11.4 Å². The van der Waals surface area contributed by atoms with Gasteiger partial charge in [-0.25, -0.2) is 18.4 Å². The average Bonchev–Trinajstić information content (AvgIpc) is 2.98. The van der Waals surface area contributed by atoms with Gasteiger partial charge in [0, 0.05) is 31.2 Å². The fraction of sp³-hybridized carbons (Fsp3) is 0.385. The van der Waals surface area contributed by atoms with Crippen molar-refractivity contribution in [2.75, 3.05) is 18.9 Å². The van der Waals surface area contributed by atoms with Crippen molar-refractivity contribution in [1.82, 2.24) is 14.3 Å². The predicted molar refractivity (Wildman–Crippen MR) is 83.8 cm³/mol. The molecule has 2 aromatic rings. The molecule has 114 valence electrons. The van der Waals surface area contributed by atoms with Gasteiger partial charge in [0.25, 0.3) is 0 Å². The number of rotatable bonds is 7. The van der Waals surface area contributed by atoms with Crippen LogP contribution in [-0.4, -0.2) is 36.3 Å². The number of hydrogen-bond acceptors (Lipinski definition) is 6. The van der Waals surface area contributed by atoms with Gasteiger partial charge in [-0.3, -0.25) is 0 Å². The highest BCUT2D eigenvalue weighted by Crippen LogP contribution is 2.18. The summed E-state index contributed by atoms with van der Waals surface area (Å²) in [4.78, 5) is 8.46. The van der Waals surface area contributed by atoms with Gasteiger partial charge in [0.1, 0.15) is 5.82 Å². The van der Waals surface area contributed by atoms with Crippen LogP contribution in [0, 0.1) is 0 Å². The second-order valence-corrected chi connectivity index (χ2v) is 7.31. The van der Waals surface area contributed by atoms with Crippen molar-refractivity contribution in [3.05, 3.63) is 34.9 Å². The summed E-state index contributed by atoms with van der Waals surface area (Å²) in [6.45, 7) is 3.05. The first-order valence-corrected chi connectivity index (χ1v) is 8.95. The van der Waals surface area contributed by atoms with Crippen LogP contribution in [-0.2, 0) is 16.6 Å². The molecular formula is C13H18N4O2S2. The molecule has 0 aliphatic carbocycles. The summed E-state index contributed by atoms with van der Waals surface area (Å²) in [5, 5.41) is 4.93. The normalized spacial score (nSPS) is 11.8. The number of nitrogens with one attached hydrogen (secondary N) is 1. The van der Waals surface area contributed by atoms with E-state index in [4.69, 9.17) is 0 Å². The van der Waals surface area contributed by atoms with Crippen molar-refractivity contribution >= 4 is 27.2 Å². The molecule has 0 atom stereocenters. The lowest BCUT2D eigenvalue weighted by Gasteiger charge is -2.16. The molecule has 0 bridgehead atoms. The molecule has 0 fully saturated rings. The van der Waals surface area contributed by atoms with Crippen LogP contribution in [0.15, 0.2) is 34.1 Å². The maximum atomic E-state index is 12.5. The minimum absolute atomic E-state index is 0.230. The third-order valence-electron chi connectivity index (χ3n) is 2.86. The van der Waals surface area contributed by atoms with Crippen molar-refractivity contribution in [3.63, 3.8) is 0 Å². The van der Waals surface area contributed by atoms with Crippen LogP contribution in [0.25, 0.3) is 0 Å². The monoisotopic (exact) mass is 326 g/mol. The number of thiazole rings is 1. The Labute approximate surface area is 128 Å². The molecule has 2 aromatic heterocycles. The van der Waals surface area contributed by atoms with Crippen molar-refractivity contribution in [1.29, 1.82) is 0 Å². The molecule has 2 heterocycles. The lowest BCUT2D eigenvalue weighted by atomic mass is 10.4. The highest BCUT2D eigenvalue weighted by molar-refractivity contribution is 7.89. The number of nitrogens with zero attached hydrogens (tertiary/aromatic N) is 3. The minimum atomic E-state index is -3.54. The van der Waals surface area contributed by atoms with Gasteiger partial charge in [0.2, 0.25) is 10.0 Å². The highest BCUT2D eigenvalue weighted by atomic mass is 32.2. The Morgan fingerprint density at radius 2 is 2.19 bits per heavy atom. The maximum absolute atomic E-state index is 12.5. The van der Waals surface area contributed by atoms with Gasteiger partial charge in [-0.2, -0.15) is 4.31 Å². The van der Waals surface area contributed by atoms with E-state index in [9.17, 15) is 8.42 Å². The van der Waals surface area contributed by atoms with Crippen molar-refractivity contribution < 1.29 is 8.42 Å². The number of aromatic nitrogens is 2. The van der Waals surface area contributed by atoms with Gasteiger partial charge in [-0.1, -0.05) is 6.92 Å². The molecular weight excluding hydrogens is 308 g/mol. The Hall–Kier alpha value is -1.51. The van der Waals surface area contributed by atoms with Crippen LogP contribution < -0.4 is 5.32 Å². The number of anilines is 1. The zero-order valence-corrected chi connectivity index (χ0v) is 13.6. The second-order valence-electron chi connectivity index (χ2n) is 4.54. The lowest BCUT2D eigenvalue weighted by molar-refractivity contribution is 0.463. The van der Waals surface area contributed by atoms with Gasteiger partial charge in [-0.05, 0) is 12.5 Å². The fourth-order valence-electron chi connectivity index (χ4n) is 1.73. The summed E-state index contributed by atoms with van der Waals surface area (Å²) >= 11 is 1.45. The molecule has 0 unspecified atom stereocenters. The van der Waals surface area contributed by atoms with Crippen LogP contribution in [0.4, 0.5) is 5.82 Å². The fourth-order valence-corrected chi connectivity index (χ4v) is 3.44. The van der Waals surface area contributed by atoms with E-state index in [2.05, 4.69) is 15.3 Å². The highest BCUT2D eigenvalue weighted by Gasteiger charge is 2.22. The van der Waals surface area contributed by atoms with Gasteiger partial charge in [0.15, 0.2) is 0 Å². The molecule has 0 saturated carbocycles. The molecule has 0 spiro atoms. The van der Waals surface area contributed by atoms with Crippen LogP contribution in [0.2, 0.25) is 0 Å². The third kappa shape index (κ3) is 3.99. The van der Waals surface area contributed by atoms with Gasteiger partial charge in [0.05, 0.1) is 22.6 Å². The van der Waals surface area contributed by atoms with Gasteiger partial charge < -0.3 is 5.32 Å². The van der Waals surface area contributed by atoms with E-state index in [1.807, 2.05) is 12.3 Å². The molecule has 0 aromatic carbocycles. The van der Waals surface area contributed by atoms with Crippen molar-refractivity contribution in [2.45, 2.75) is 24.8 Å². The third-order valence-corrected chi connectivity index (χ3v) is 5.30. The number of pyridine rings is 1. The lowest BCUT2D eigenvalue weighted by Crippen LogP contribution is -2.26. The van der Waals surface area contributed by atoms with E-state index in [1.165, 1.54) is 27.9 Å². The minimum Gasteiger partial charge on any atom is -0.370 e. The molecule has 8 heteroatoms.